The van der Waals surface area contributed by atoms with Crippen LogP contribution in [0.5, 0.6) is 5.75 Å². The van der Waals surface area contributed by atoms with Crippen LogP contribution in [0.3, 0.4) is 0 Å². The standard InChI is InChI=1S/C13H12BrFN2O/c1-18-12-4-2-9(6-11(12)15)7-16-13-5-3-10(14)8-17-13/h2-6,8H,7H2,1H3,(H,16,17). The molecular formula is C13H12BrFN2O. The fraction of sp³-hybridized carbons (Fsp3) is 0.154. The number of rotatable bonds is 4. The molecule has 0 atom stereocenters. The van der Waals surface area contributed by atoms with Gasteiger partial charge >= 0.3 is 0 Å². The molecule has 0 aliphatic heterocycles. The smallest absolute Gasteiger partial charge is 0.165 e. The number of anilines is 1. The molecular weight excluding hydrogens is 299 g/mol. The zero-order valence-electron chi connectivity index (χ0n) is 9.78. The van der Waals surface area contributed by atoms with E-state index >= 15 is 0 Å². The van der Waals surface area contributed by atoms with E-state index < -0.39 is 0 Å². The molecule has 0 bridgehead atoms. The van der Waals surface area contributed by atoms with Gasteiger partial charge in [0, 0.05) is 17.2 Å². The molecule has 0 radical (unpaired) electrons. The second-order valence-corrected chi connectivity index (χ2v) is 4.60. The second kappa shape index (κ2) is 5.82. The Bertz CT molecular complexity index is 531. The molecule has 0 fully saturated rings. The van der Waals surface area contributed by atoms with E-state index in [1.165, 1.54) is 13.2 Å². The van der Waals surface area contributed by atoms with Crippen molar-refractivity contribution in [2.24, 2.45) is 0 Å². The van der Waals surface area contributed by atoms with Crippen molar-refractivity contribution in [2.75, 3.05) is 12.4 Å². The number of hydrogen-bond donors (Lipinski definition) is 1. The lowest BCUT2D eigenvalue weighted by atomic mass is 10.2. The summed E-state index contributed by atoms with van der Waals surface area (Å²) in [6.45, 7) is 0.509. The molecule has 18 heavy (non-hydrogen) atoms. The predicted molar refractivity (Wildman–Crippen MR) is 72.2 cm³/mol. The van der Waals surface area contributed by atoms with Crippen molar-refractivity contribution in [3.05, 3.63) is 52.4 Å². The first kappa shape index (κ1) is 12.8. The van der Waals surface area contributed by atoms with E-state index in [4.69, 9.17) is 4.74 Å². The quantitative estimate of drug-likeness (QED) is 0.937. The molecule has 0 saturated carbocycles. The monoisotopic (exact) mass is 310 g/mol. The van der Waals surface area contributed by atoms with Gasteiger partial charge in [-0.2, -0.15) is 0 Å². The Hall–Kier alpha value is -1.62. The highest BCUT2D eigenvalue weighted by atomic mass is 79.9. The average Bonchev–Trinajstić information content (AvgIpc) is 2.38. The van der Waals surface area contributed by atoms with Crippen LogP contribution < -0.4 is 10.1 Å². The Morgan fingerprint density at radius 3 is 2.78 bits per heavy atom. The van der Waals surface area contributed by atoms with Gasteiger partial charge in [0.15, 0.2) is 11.6 Å². The largest absolute Gasteiger partial charge is 0.494 e. The van der Waals surface area contributed by atoms with E-state index in [2.05, 4.69) is 26.2 Å². The molecule has 0 amide bonds. The van der Waals surface area contributed by atoms with Gasteiger partial charge in [-0.15, -0.1) is 0 Å². The Morgan fingerprint density at radius 2 is 2.17 bits per heavy atom. The summed E-state index contributed by atoms with van der Waals surface area (Å²) in [4.78, 5) is 4.17. The zero-order chi connectivity index (χ0) is 13.0. The van der Waals surface area contributed by atoms with Crippen molar-refractivity contribution in [3.63, 3.8) is 0 Å². The maximum absolute atomic E-state index is 13.5. The number of pyridine rings is 1. The van der Waals surface area contributed by atoms with Crippen LogP contribution in [0.1, 0.15) is 5.56 Å². The van der Waals surface area contributed by atoms with Gasteiger partial charge in [-0.05, 0) is 45.8 Å². The van der Waals surface area contributed by atoms with Crippen LogP contribution in [-0.4, -0.2) is 12.1 Å². The van der Waals surface area contributed by atoms with Crippen LogP contribution in [0, 0.1) is 5.82 Å². The minimum atomic E-state index is -0.361. The highest BCUT2D eigenvalue weighted by Crippen LogP contribution is 2.18. The van der Waals surface area contributed by atoms with Gasteiger partial charge in [-0.1, -0.05) is 6.07 Å². The summed E-state index contributed by atoms with van der Waals surface area (Å²) in [6, 6.07) is 8.62. The van der Waals surface area contributed by atoms with Crippen molar-refractivity contribution < 1.29 is 9.13 Å². The van der Waals surface area contributed by atoms with Crippen LogP contribution in [0.15, 0.2) is 41.0 Å². The molecule has 94 valence electrons. The number of nitrogens with zero attached hydrogens (tertiary/aromatic N) is 1. The Kier molecular flexibility index (Phi) is 4.15. The number of methoxy groups -OCH3 is 1. The fourth-order valence-electron chi connectivity index (χ4n) is 1.49. The molecule has 1 heterocycles. The van der Waals surface area contributed by atoms with E-state index in [1.807, 2.05) is 18.2 Å². The summed E-state index contributed by atoms with van der Waals surface area (Å²) in [7, 11) is 1.45. The minimum Gasteiger partial charge on any atom is -0.494 e. The predicted octanol–water partition coefficient (Wildman–Crippen LogP) is 3.60. The number of hydrogen-bond acceptors (Lipinski definition) is 3. The summed E-state index contributed by atoms with van der Waals surface area (Å²) in [6.07, 6.45) is 1.71. The first-order valence-electron chi connectivity index (χ1n) is 5.37. The average molecular weight is 311 g/mol. The van der Waals surface area contributed by atoms with Gasteiger partial charge in [0.25, 0.3) is 0 Å². The van der Waals surface area contributed by atoms with E-state index in [-0.39, 0.29) is 11.6 Å². The fourth-order valence-corrected chi connectivity index (χ4v) is 1.73. The van der Waals surface area contributed by atoms with Crippen molar-refractivity contribution in [2.45, 2.75) is 6.54 Å². The van der Waals surface area contributed by atoms with E-state index in [0.29, 0.717) is 6.54 Å². The molecule has 2 rings (SSSR count). The lowest BCUT2D eigenvalue weighted by Gasteiger charge is -2.07. The van der Waals surface area contributed by atoms with Crippen LogP contribution in [0.4, 0.5) is 10.2 Å². The van der Waals surface area contributed by atoms with Crippen molar-refractivity contribution in [1.82, 2.24) is 4.98 Å². The third-order valence-electron chi connectivity index (χ3n) is 2.42. The molecule has 0 spiro atoms. The normalized spacial score (nSPS) is 10.2. The van der Waals surface area contributed by atoms with Crippen molar-refractivity contribution in [3.8, 4) is 5.75 Å². The van der Waals surface area contributed by atoms with Gasteiger partial charge in [0.2, 0.25) is 0 Å². The van der Waals surface area contributed by atoms with Crippen LogP contribution in [0.2, 0.25) is 0 Å². The highest BCUT2D eigenvalue weighted by molar-refractivity contribution is 9.10. The van der Waals surface area contributed by atoms with Gasteiger partial charge in [0.1, 0.15) is 5.82 Å². The maximum Gasteiger partial charge on any atom is 0.165 e. The molecule has 0 aliphatic rings. The van der Waals surface area contributed by atoms with Gasteiger partial charge in [0.05, 0.1) is 7.11 Å². The second-order valence-electron chi connectivity index (χ2n) is 3.68. The molecule has 0 saturated heterocycles. The minimum absolute atomic E-state index is 0.250. The van der Waals surface area contributed by atoms with E-state index in [9.17, 15) is 4.39 Å². The molecule has 1 N–H and O–H groups in total. The molecule has 0 unspecified atom stereocenters. The molecule has 1 aromatic heterocycles. The number of benzene rings is 1. The number of aromatic nitrogens is 1. The third-order valence-corrected chi connectivity index (χ3v) is 2.89. The van der Waals surface area contributed by atoms with Gasteiger partial charge in [-0.25, -0.2) is 9.37 Å². The van der Waals surface area contributed by atoms with Crippen LogP contribution >= 0.6 is 15.9 Å². The Labute approximate surface area is 113 Å². The summed E-state index contributed by atoms with van der Waals surface area (Å²) < 4.78 is 19.2. The first-order chi connectivity index (χ1) is 8.69. The van der Waals surface area contributed by atoms with Crippen LogP contribution in [-0.2, 0) is 6.54 Å². The first-order valence-corrected chi connectivity index (χ1v) is 6.16. The molecule has 5 heteroatoms. The summed E-state index contributed by atoms with van der Waals surface area (Å²) >= 11 is 3.31. The van der Waals surface area contributed by atoms with Gasteiger partial charge in [-0.3, -0.25) is 0 Å². The van der Waals surface area contributed by atoms with Crippen molar-refractivity contribution >= 4 is 21.7 Å². The van der Waals surface area contributed by atoms with Gasteiger partial charge < -0.3 is 10.1 Å². The maximum atomic E-state index is 13.5. The molecule has 0 aliphatic carbocycles. The number of ether oxygens (including phenoxy) is 1. The van der Waals surface area contributed by atoms with E-state index in [0.717, 1.165) is 15.9 Å². The zero-order valence-corrected chi connectivity index (χ0v) is 11.4. The lowest BCUT2D eigenvalue weighted by molar-refractivity contribution is 0.386. The Balaban J connectivity index is 2.02. The molecule has 2 aromatic rings. The highest BCUT2D eigenvalue weighted by Gasteiger charge is 2.03. The van der Waals surface area contributed by atoms with E-state index in [1.54, 1.807) is 12.3 Å². The third kappa shape index (κ3) is 3.20. The SMILES string of the molecule is COc1ccc(CNc2ccc(Br)cn2)cc1F. The van der Waals surface area contributed by atoms with Crippen LogP contribution in [0.25, 0.3) is 0 Å². The summed E-state index contributed by atoms with van der Waals surface area (Å²) in [5.74, 6) is 0.635. The number of nitrogens with one attached hydrogen (secondary N) is 1. The molecule has 1 aromatic carbocycles. The topological polar surface area (TPSA) is 34.1 Å². The summed E-state index contributed by atoms with van der Waals surface area (Å²) in [5.41, 5.74) is 0.831. The summed E-state index contributed by atoms with van der Waals surface area (Å²) in [5, 5.41) is 3.11. The lowest BCUT2D eigenvalue weighted by Crippen LogP contribution is -2.01. The van der Waals surface area contributed by atoms with Crippen molar-refractivity contribution in [1.29, 1.82) is 0 Å². The number of halogens is 2. The molecule has 3 nitrogen and oxygen atoms in total. The Morgan fingerprint density at radius 1 is 1.33 bits per heavy atom.